The van der Waals surface area contributed by atoms with Crippen molar-refractivity contribution in [1.82, 2.24) is 4.57 Å². The number of aromatic nitrogens is 1. The number of para-hydroxylation sites is 2. The van der Waals surface area contributed by atoms with Gasteiger partial charge in [-0.1, -0.05) is 36.4 Å². The highest BCUT2D eigenvalue weighted by atomic mass is 16.6. The average molecular weight is 337 g/mol. The van der Waals surface area contributed by atoms with Crippen LogP contribution in [0.25, 0.3) is 21.8 Å². The van der Waals surface area contributed by atoms with Crippen molar-refractivity contribution in [3.8, 4) is 0 Å². The first-order valence-corrected chi connectivity index (χ1v) is 8.10. The third-order valence-electron chi connectivity index (χ3n) is 4.07. The van der Waals surface area contributed by atoms with E-state index in [-0.39, 0.29) is 12.4 Å². The van der Waals surface area contributed by atoms with Gasteiger partial charge in [-0.3, -0.25) is 0 Å². The zero-order valence-electron chi connectivity index (χ0n) is 14.2. The molecule has 0 aliphatic rings. The summed E-state index contributed by atoms with van der Waals surface area (Å²) in [7, 11) is 0. The van der Waals surface area contributed by atoms with Crippen LogP contribution < -0.4 is 0 Å². The number of fused-ring (bicyclic) bond motifs is 3. The van der Waals surface area contributed by atoms with Gasteiger partial charge in [-0.2, -0.15) is 0 Å². The number of hydrogen-bond donors (Lipinski definition) is 0. The maximum atomic E-state index is 12.5. The Morgan fingerprint density at radius 2 is 1.56 bits per heavy atom. The molecule has 5 nitrogen and oxygen atoms in total. The second kappa shape index (κ2) is 6.81. The van der Waals surface area contributed by atoms with E-state index in [9.17, 15) is 9.59 Å². The lowest BCUT2D eigenvalue weighted by atomic mass is 10.2. The molecule has 5 heteroatoms. The highest BCUT2D eigenvalue weighted by Gasteiger charge is 2.24. The van der Waals surface area contributed by atoms with Crippen LogP contribution in [0.4, 0.5) is 0 Å². The zero-order chi connectivity index (χ0) is 18.0. The summed E-state index contributed by atoms with van der Waals surface area (Å²) in [5.74, 6) is -1.60. The predicted molar refractivity (Wildman–Crippen MR) is 96.0 cm³/mol. The largest absolute Gasteiger partial charge is 0.460 e. The molecule has 3 aromatic rings. The molecular formula is C20H19NO4. The molecule has 0 bridgehead atoms. The predicted octanol–water partition coefficient (Wildman–Crippen LogP) is 3.98. The van der Waals surface area contributed by atoms with Gasteiger partial charge in [-0.25, -0.2) is 9.59 Å². The number of rotatable bonds is 5. The van der Waals surface area contributed by atoms with Crippen LogP contribution in [-0.4, -0.2) is 23.1 Å². The topological polar surface area (TPSA) is 57.5 Å². The van der Waals surface area contributed by atoms with Crippen LogP contribution in [0.15, 0.2) is 60.9 Å². The molecule has 0 fully saturated rings. The molecule has 0 aliphatic carbocycles. The van der Waals surface area contributed by atoms with Gasteiger partial charge in [0.1, 0.15) is 6.04 Å². The molecule has 2 aromatic carbocycles. The Kier molecular flexibility index (Phi) is 4.57. The highest BCUT2D eigenvalue weighted by molar-refractivity contribution is 6.08. The van der Waals surface area contributed by atoms with Gasteiger partial charge in [0.15, 0.2) is 0 Å². The van der Waals surface area contributed by atoms with E-state index in [1.807, 2.05) is 53.1 Å². The number of ether oxygens (including phenoxy) is 2. The highest BCUT2D eigenvalue weighted by Crippen LogP contribution is 2.32. The van der Waals surface area contributed by atoms with Crippen LogP contribution in [-0.2, 0) is 19.1 Å². The van der Waals surface area contributed by atoms with Crippen molar-refractivity contribution in [1.29, 1.82) is 0 Å². The van der Waals surface area contributed by atoms with Crippen LogP contribution in [0.3, 0.4) is 0 Å². The first kappa shape index (κ1) is 16.8. The Labute approximate surface area is 145 Å². The lowest BCUT2D eigenvalue weighted by molar-refractivity contribution is -0.152. The minimum absolute atomic E-state index is 0.192. The van der Waals surface area contributed by atoms with Crippen molar-refractivity contribution in [3.63, 3.8) is 0 Å². The quantitative estimate of drug-likeness (QED) is 0.401. The molecule has 0 saturated heterocycles. The normalized spacial score (nSPS) is 12.1. The second-order valence-corrected chi connectivity index (χ2v) is 5.65. The molecule has 0 N–H and O–H groups in total. The number of carbonyl (C=O) groups excluding carboxylic acids is 2. The molecular weight excluding hydrogens is 318 g/mol. The summed E-state index contributed by atoms with van der Waals surface area (Å²) in [6.07, 6.45) is 0. The number of hydrogen-bond acceptors (Lipinski definition) is 4. The van der Waals surface area contributed by atoms with E-state index >= 15 is 0 Å². The summed E-state index contributed by atoms with van der Waals surface area (Å²) < 4.78 is 11.8. The summed E-state index contributed by atoms with van der Waals surface area (Å²) in [4.78, 5) is 24.1. The Morgan fingerprint density at radius 3 is 2.08 bits per heavy atom. The van der Waals surface area contributed by atoms with Crippen LogP contribution in [0.2, 0.25) is 0 Å². The molecule has 128 valence electrons. The van der Waals surface area contributed by atoms with Gasteiger partial charge in [-0.15, -0.1) is 0 Å². The molecule has 3 rings (SSSR count). The molecule has 0 amide bonds. The third-order valence-corrected chi connectivity index (χ3v) is 4.07. The van der Waals surface area contributed by atoms with Crippen LogP contribution in [0.1, 0.15) is 19.9 Å². The van der Waals surface area contributed by atoms with E-state index < -0.39 is 18.0 Å². The Hall–Kier alpha value is -3.08. The minimum atomic E-state index is -0.731. The molecule has 1 aromatic heterocycles. The lowest BCUT2D eigenvalue weighted by Crippen LogP contribution is -2.21. The van der Waals surface area contributed by atoms with E-state index in [0.717, 1.165) is 21.8 Å². The molecule has 25 heavy (non-hydrogen) atoms. The van der Waals surface area contributed by atoms with Crippen molar-refractivity contribution in [3.05, 3.63) is 60.9 Å². The van der Waals surface area contributed by atoms with Crippen molar-refractivity contribution in [2.75, 3.05) is 6.61 Å². The number of nitrogens with zero attached hydrogens (tertiary/aromatic N) is 1. The number of carbonyl (C=O) groups is 2. The van der Waals surface area contributed by atoms with Gasteiger partial charge in [0.2, 0.25) is 5.76 Å². The smallest absolute Gasteiger partial charge is 0.373 e. The van der Waals surface area contributed by atoms with Gasteiger partial charge >= 0.3 is 11.9 Å². The van der Waals surface area contributed by atoms with E-state index in [4.69, 9.17) is 9.47 Å². The van der Waals surface area contributed by atoms with E-state index in [0.29, 0.717) is 0 Å². The van der Waals surface area contributed by atoms with E-state index in [1.165, 1.54) is 0 Å². The molecule has 0 spiro atoms. The van der Waals surface area contributed by atoms with E-state index in [2.05, 4.69) is 6.58 Å². The van der Waals surface area contributed by atoms with E-state index in [1.54, 1.807) is 13.8 Å². The summed E-state index contributed by atoms with van der Waals surface area (Å²) in [5, 5.41) is 2.11. The number of benzene rings is 2. The van der Waals surface area contributed by atoms with Gasteiger partial charge in [0, 0.05) is 21.8 Å². The van der Waals surface area contributed by atoms with Crippen molar-refractivity contribution >= 4 is 33.7 Å². The molecule has 0 aliphatic heterocycles. The summed E-state index contributed by atoms with van der Waals surface area (Å²) >= 11 is 0. The standard InChI is InChI=1S/C20H19NO4/c1-4-24-20(23)14(3)25-19(22)13(2)21-17-11-7-5-9-15(17)16-10-6-8-12-18(16)21/h5-13H,3-4H2,1-2H3. The number of esters is 2. The zero-order valence-corrected chi connectivity index (χ0v) is 14.2. The fraction of sp³-hybridized carbons (Fsp3) is 0.200. The molecule has 1 heterocycles. The van der Waals surface area contributed by atoms with Crippen LogP contribution >= 0.6 is 0 Å². The fourth-order valence-corrected chi connectivity index (χ4v) is 2.94. The lowest BCUT2D eigenvalue weighted by Gasteiger charge is -2.16. The summed E-state index contributed by atoms with van der Waals surface area (Å²) in [5.41, 5.74) is 1.85. The molecule has 1 unspecified atom stereocenters. The maximum absolute atomic E-state index is 12.5. The fourth-order valence-electron chi connectivity index (χ4n) is 2.94. The van der Waals surface area contributed by atoms with Crippen molar-refractivity contribution in [2.45, 2.75) is 19.9 Å². The minimum Gasteiger partial charge on any atom is -0.460 e. The summed E-state index contributed by atoms with van der Waals surface area (Å²) in [6, 6.07) is 15.1. The Morgan fingerprint density at radius 1 is 1.04 bits per heavy atom. The van der Waals surface area contributed by atoms with Crippen LogP contribution in [0.5, 0.6) is 0 Å². The average Bonchev–Trinajstić information content (AvgIpc) is 2.95. The molecule has 1 atom stereocenters. The second-order valence-electron chi connectivity index (χ2n) is 5.65. The first-order valence-electron chi connectivity index (χ1n) is 8.10. The Balaban J connectivity index is 1.99. The third kappa shape index (κ3) is 3.01. The maximum Gasteiger partial charge on any atom is 0.373 e. The van der Waals surface area contributed by atoms with Gasteiger partial charge in [-0.05, 0) is 32.6 Å². The Bertz CT molecular complexity index is 917. The van der Waals surface area contributed by atoms with Gasteiger partial charge < -0.3 is 14.0 Å². The molecule has 0 radical (unpaired) electrons. The monoisotopic (exact) mass is 337 g/mol. The van der Waals surface area contributed by atoms with Gasteiger partial charge in [0.05, 0.1) is 6.61 Å². The van der Waals surface area contributed by atoms with Crippen molar-refractivity contribution < 1.29 is 19.1 Å². The SMILES string of the molecule is C=C(OC(=O)C(C)n1c2ccccc2c2ccccc21)C(=O)OCC. The van der Waals surface area contributed by atoms with Gasteiger partial charge in [0.25, 0.3) is 0 Å². The first-order chi connectivity index (χ1) is 12.0. The van der Waals surface area contributed by atoms with Crippen molar-refractivity contribution in [2.24, 2.45) is 0 Å². The summed E-state index contributed by atoms with van der Waals surface area (Å²) in [6.45, 7) is 7.08. The molecule has 0 saturated carbocycles. The van der Waals surface area contributed by atoms with Crippen LogP contribution in [0, 0.1) is 0 Å².